The average Bonchev–Trinajstić information content (AvgIpc) is 2.37. The van der Waals surface area contributed by atoms with Gasteiger partial charge in [-0.3, -0.25) is 9.35 Å². The maximum Gasteiger partial charge on any atom is 0.295 e. The third-order valence-electron chi connectivity index (χ3n) is 2.85. The van der Waals surface area contributed by atoms with E-state index in [1.54, 1.807) is 6.92 Å². The number of hydrogen-bond acceptors (Lipinski definition) is 4. The van der Waals surface area contributed by atoms with E-state index in [9.17, 15) is 22.9 Å². The minimum absolute atomic E-state index is 0.140. The first-order valence-electron chi connectivity index (χ1n) is 5.86. The molecule has 0 bridgehead atoms. The molecule has 0 saturated heterocycles. The summed E-state index contributed by atoms with van der Waals surface area (Å²) in [6, 6.07) is 6.79. The zero-order valence-corrected chi connectivity index (χ0v) is 11.4. The first kappa shape index (κ1) is 14.3. The van der Waals surface area contributed by atoms with E-state index in [0.29, 0.717) is 0 Å². The van der Waals surface area contributed by atoms with Crippen molar-refractivity contribution < 1.29 is 22.9 Å². The van der Waals surface area contributed by atoms with Gasteiger partial charge >= 0.3 is 0 Å². The number of fused-ring (bicyclic) bond motifs is 1. The first-order chi connectivity index (χ1) is 9.34. The number of benzene rings is 2. The smallest absolute Gasteiger partial charge is 0.295 e. The Bertz CT molecular complexity index is 783. The molecule has 6 nitrogen and oxygen atoms in total. The number of phenols is 1. The zero-order chi connectivity index (χ0) is 14.9. The fourth-order valence-electron chi connectivity index (χ4n) is 1.93. The number of amides is 1. The highest BCUT2D eigenvalue weighted by Gasteiger charge is 2.18. The molecule has 106 valence electrons. The van der Waals surface area contributed by atoms with Crippen molar-refractivity contribution in [3.05, 3.63) is 30.3 Å². The van der Waals surface area contributed by atoms with Gasteiger partial charge in [-0.15, -0.1) is 0 Å². The van der Waals surface area contributed by atoms with Gasteiger partial charge in [0, 0.05) is 17.2 Å². The van der Waals surface area contributed by atoms with Crippen LogP contribution in [0.1, 0.15) is 13.3 Å². The van der Waals surface area contributed by atoms with Crippen LogP contribution in [0.4, 0.5) is 5.69 Å². The molecule has 0 atom stereocenters. The van der Waals surface area contributed by atoms with Crippen LogP contribution in [-0.4, -0.2) is 24.0 Å². The molecular weight excluding hydrogens is 282 g/mol. The van der Waals surface area contributed by atoms with Crippen molar-refractivity contribution in [2.24, 2.45) is 0 Å². The van der Waals surface area contributed by atoms with Gasteiger partial charge in [-0.2, -0.15) is 8.42 Å². The quantitative estimate of drug-likeness (QED) is 0.753. The Morgan fingerprint density at radius 1 is 1.25 bits per heavy atom. The predicted molar refractivity (Wildman–Crippen MR) is 74.3 cm³/mol. The minimum Gasteiger partial charge on any atom is -0.507 e. The summed E-state index contributed by atoms with van der Waals surface area (Å²) in [4.78, 5) is 11.1. The third kappa shape index (κ3) is 2.59. The van der Waals surface area contributed by atoms with Crippen LogP contribution in [-0.2, 0) is 14.9 Å². The van der Waals surface area contributed by atoms with E-state index in [4.69, 9.17) is 0 Å². The van der Waals surface area contributed by atoms with Crippen LogP contribution in [0.5, 0.6) is 5.75 Å². The molecule has 0 aliphatic rings. The average molecular weight is 295 g/mol. The molecule has 0 radical (unpaired) electrons. The van der Waals surface area contributed by atoms with Crippen LogP contribution in [0.2, 0.25) is 0 Å². The number of hydrogen-bond donors (Lipinski definition) is 3. The van der Waals surface area contributed by atoms with Crippen molar-refractivity contribution in [1.29, 1.82) is 0 Å². The number of carbonyl (C=O) groups excluding carboxylic acids is 1. The van der Waals surface area contributed by atoms with E-state index in [-0.39, 0.29) is 39.4 Å². The molecule has 0 fully saturated rings. The van der Waals surface area contributed by atoms with E-state index in [1.807, 2.05) is 0 Å². The highest BCUT2D eigenvalue weighted by molar-refractivity contribution is 7.86. The van der Waals surface area contributed by atoms with Crippen LogP contribution in [0.3, 0.4) is 0 Å². The summed E-state index contributed by atoms with van der Waals surface area (Å²) in [6.45, 7) is 1.67. The van der Waals surface area contributed by atoms with Crippen LogP contribution < -0.4 is 5.32 Å². The van der Waals surface area contributed by atoms with Crippen molar-refractivity contribution >= 4 is 32.5 Å². The Morgan fingerprint density at radius 2 is 1.95 bits per heavy atom. The number of anilines is 1. The number of nitrogens with one attached hydrogen (secondary N) is 1. The summed E-state index contributed by atoms with van der Waals surface area (Å²) in [7, 11) is -4.42. The van der Waals surface area contributed by atoms with Gasteiger partial charge in [0.2, 0.25) is 5.91 Å². The molecule has 0 spiro atoms. The number of rotatable bonds is 3. The van der Waals surface area contributed by atoms with Gasteiger partial charge in [-0.1, -0.05) is 19.1 Å². The lowest BCUT2D eigenvalue weighted by Gasteiger charge is -2.11. The van der Waals surface area contributed by atoms with E-state index in [1.165, 1.54) is 30.3 Å². The summed E-state index contributed by atoms with van der Waals surface area (Å²) in [5.74, 6) is -0.450. The lowest BCUT2D eigenvalue weighted by atomic mass is 10.1. The monoisotopic (exact) mass is 295 g/mol. The van der Waals surface area contributed by atoms with Crippen molar-refractivity contribution in [3.63, 3.8) is 0 Å². The molecule has 2 aromatic rings. The van der Waals surface area contributed by atoms with Gasteiger partial charge in [0.1, 0.15) is 10.6 Å². The minimum atomic E-state index is -4.42. The fourth-order valence-corrected chi connectivity index (χ4v) is 2.62. The van der Waals surface area contributed by atoms with Gasteiger partial charge in [0.25, 0.3) is 10.1 Å². The van der Waals surface area contributed by atoms with Crippen LogP contribution in [0.15, 0.2) is 35.2 Å². The van der Waals surface area contributed by atoms with E-state index in [0.717, 1.165) is 0 Å². The van der Waals surface area contributed by atoms with Gasteiger partial charge in [-0.05, 0) is 18.2 Å². The maximum atomic E-state index is 11.5. The summed E-state index contributed by atoms with van der Waals surface area (Å²) in [5, 5.41) is 12.8. The Morgan fingerprint density at radius 3 is 2.55 bits per heavy atom. The summed E-state index contributed by atoms with van der Waals surface area (Å²) < 4.78 is 31.9. The Kier molecular flexibility index (Phi) is 3.65. The van der Waals surface area contributed by atoms with Crippen molar-refractivity contribution in [2.45, 2.75) is 18.2 Å². The lowest BCUT2D eigenvalue weighted by molar-refractivity contribution is -0.115. The van der Waals surface area contributed by atoms with E-state index < -0.39 is 10.1 Å². The number of aromatic hydroxyl groups is 1. The summed E-state index contributed by atoms with van der Waals surface area (Å²) in [6.07, 6.45) is 0.245. The third-order valence-corrected chi connectivity index (χ3v) is 3.76. The second-order valence-corrected chi connectivity index (χ2v) is 5.58. The first-order valence-corrected chi connectivity index (χ1v) is 7.30. The molecule has 1 amide bonds. The second kappa shape index (κ2) is 5.10. The Labute approximate surface area is 115 Å². The van der Waals surface area contributed by atoms with E-state index >= 15 is 0 Å². The molecule has 0 heterocycles. The zero-order valence-electron chi connectivity index (χ0n) is 10.6. The molecule has 0 saturated carbocycles. The molecule has 3 N–H and O–H groups in total. The van der Waals surface area contributed by atoms with Crippen molar-refractivity contribution in [2.75, 3.05) is 5.32 Å². The topological polar surface area (TPSA) is 104 Å². The fraction of sp³-hybridized carbons (Fsp3) is 0.154. The second-order valence-electron chi connectivity index (χ2n) is 4.19. The van der Waals surface area contributed by atoms with Crippen LogP contribution >= 0.6 is 0 Å². The summed E-state index contributed by atoms with van der Waals surface area (Å²) in [5.41, 5.74) is 0.289. The van der Waals surface area contributed by atoms with Crippen molar-refractivity contribution in [1.82, 2.24) is 0 Å². The molecule has 0 aromatic heterocycles. The maximum absolute atomic E-state index is 11.5. The van der Waals surface area contributed by atoms with Gasteiger partial charge < -0.3 is 10.4 Å². The summed E-state index contributed by atoms with van der Waals surface area (Å²) >= 11 is 0. The number of phenolic OH excluding ortho intramolecular Hbond substituents is 1. The van der Waals surface area contributed by atoms with E-state index in [2.05, 4.69) is 5.32 Å². The standard InChI is InChI=1S/C13H13NO5S/c1-2-12(16)14-9-6-7-11(20(17,18)19)8-4-3-5-10(15)13(8)9/h3-7,15H,2H2,1H3,(H,14,16)(H,17,18,19). The molecule has 2 rings (SSSR count). The van der Waals surface area contributed by atoms with Gasteiger partial charge in [-0.25, -0.2) is 0 Å². The van der Waals surface area contributed by atoms with Crippen molar-refractivity contribution in [3.8, 4) is 5.75 Å². The lowest BCUT2D eigenvalue weighted by Crippen LogP contribution is -2.10. The Balaban J connectivity index is 2.78. The van der Waals surface area contributed by atoms with Gasteiger partial charge in [0.05, 0.1) is 5.69 Å². The van der Waals surface area contributed by atoms with Crippen LogP contribution in [0.25, 0.3) is 10.8 Å². The largest absolute Gasteiger partial charge is 0.507 e. The van der Waals surface area contributed by atoms with Crippen LogP contribution in [0, 0.1) is 0 Å². The molecule has 0 aliphatic carbocycles. The molecule has 0 aliphatic heterocycles. The number of carbonyl (C=O) groups is 1. The highest BCUT2D eigenvalue weighted by Crippen LogP contribution is 2.35. The molecular formula is C13H13NO5S. The molecule has 20 heavy (non-hydrogen) atoms. The molecule has 0 unspecified atom stereocenters. The van der Waals surface area contributed by atoms with Gasteiger partial charge in [0.15, 0.2) is 0 Å². The highest BCUT2D eigenvalue weighted by atomic mass is 32.2. The molecule has 7 heteroatoms. The SMILES string of the molecule is CCC(=O)Nc1ccc(S(=O)(=O)O)c2cccc(O)c12. The Hall–Kier alpha value is -2.12. The molecule has 2 aromatic carbocycles. The predicted octanol–water partition coefficient (Wildman–Crippen LogP) is 2.14. The normalized spacial score (nSPS) is 11.5.